The van der Waals surface area contributed by atoms with Gasteiger partial charge >= 0.3 is 0 Å². The molecule has 1 aromatic rings. The predicted octanol–water partition coefficient (Wildman–Crippen LogP) is 0.386. The summed E-state index contributed by atoms with van der Waals surface area (Å²) in [7, 11) is 3.93. The summed E-state index contributed by atoms with van der Waals surface area (Å²) in [4.78, 5) is 12.7. The lowest BCUT2D eigenvalue weighted by molar-refractivity contribution is -0.849. The summed E-state index contributed by atoms with van der Waals surface area (Å²) in [5.74, 6) is 0.0624. The molecule has 82 valence electrons. The lowest BCUT2D eigenvalue weighted by atomic mass is 10.1. The van der Waals surface area contributed by atoms with Crippen molar-refractivity contribution >= 4 is 11.6 Å². The molecule has 0 heterocycles. The van der Waals surface area contributed by atoms with Gasteiger partial charge in [0, 0.05) is 5.69 Å². The van der Waals surface area contributed by atoms with E-state index in [2.05, 4.69) is 5.32 Å². The third-order valence-electron chi connectivity index (χ3n) is 2.26. The van der Waals surface area contributed by atoms with Crippen molar-refractivity contribution in [3.63, 3.8) is 0 Å². The van der Waals surface area contributed by atoms with Gasteiger partial charge in [-0.3, -0.25) is 4.79 Å². The Labute approximate surface area is 91.1 Å². The van der Waals surface area contributed by atoms with Crippen LogP contribution >= 0.6 is 0 Å². The van der Waals surface area contributed by atoms with Gasteiger partial charge in [0.15, 0.2) is 6.54 Å². The minimum Gasteiger partial charge on any atom is -0.332 e. The maximum Gasteiger partial charge on any atom is 0.279 e. The first-order chi connectivity index (χ1) is 7.00. The van der Waals surface area contributed by atoms with Crippen LogP contribution in [0, 0.1) is 13.8 Å². The molecule has 0 bridgehead atoms. The van der Waals surface area contributed by atoms with E-state index in [1.54, 1.807) is 0 Å². The third kappa shape index (κ3) is 3.36. The molecule has 2 N–H and O–H groups in total. The van der Waals surface area contributed by atoms with E-state index in [9.17, 15) is 4.79 Å². The van der Waals surface area contributed by atoms with Crippen molar-refractivity contribution in [1.29, 1.82) is 0 Å². The molecular weight excluding hydrogens is 188 g/mol. The van der Waals surface area contributed by atoms with E-state index < -0.39 is 0 Å². The molecule has 0 saturated carbocycles. The predicted molar refractivity (Wildman–Crippen MR) is 62.2 cm³/mol. The summed E-state index contributed by atoms with van der Waals surface area (Å²) in [6, 6.07) is 6.01. The molecule has 15 heavy (non-hydrogen) atoms. The summed E-state index contributed by atoms with van der Waals surface area (Å²) in [5, 5.41) is 2.95. The van der Waals surface area contributed by atoms with Crippen LogP contribution in [0.3, 0.4) is 0 Å². The molecule has 0 aliphatic heterocycles. The van der Waals surface area contributed by atoms with Crippen LogP contribution in [0.4, 0.5) is 5.69 Å². The Morgan fingerprint density at radius 1 is 1.27 bits per heavy atom. The molecule has 0 saturated heterocycles. The lowest BCUT2D eigenvalue weighted by Crippen LogP contribution is -3.06. The number of anilines is 1. The number of rotatable bonds is 3. The van der Waals surface area contributed by atoms with Crippen LogP contribution in [0.15, 0.2) is 18.2 Å². The lowest BCUT2D eigenvalue weighted by Gasteiger charge is -2.12. The fourth-order valence-electron chi connectivity index (χ4n) is 1.52. The van der Waals surface area contributed by atoms with Gasteiger partial charge in [-0.2, -0.15) is 0 Å². The Hall–Kier alpha value is -1.35. The van der Waals surface area contributed by atoms with Crippen molar-refractivity contribution in [3.05, 3.63) is 29.3 Å². The normalized spacial score (nSPS) is 10.5. The van der Waals surface area contributed by atoms with Crippen LogP contribution in [-0.2, 0) is 4.79 Å². The number of nitrogens with one attached hydrogen (secondary N) is 2. The fraction of sp³-hybridized carbons (Fsp3) is 0.417. The van der Waals surface area contributed by atoms with Crippen molar-refractivity contribution in [1.82, 2.24) is 0 Å². The zero-order chi connectivity index (χ0) is 11.4. The molecule has 0 atom stereocenters. The minimum absolute atomic E-state index is 0.0624. The Morgan fingerprint density at radius 3 is 2.27 bits per heavy atom. The van der Waals surface area contributed by atoms with E-state index in [-0.39, 0.29) is 5.91 Å². The number of para-hydroxylation sites is 1. The number of amides is 1. The largest absolute Gasteiger partial charge is 0.332 e. The highest BCUT2D eigenvalue weighted by Crippen LogP contribution is 2.18. The van der Waals surface area contributed by atoms with Crippen LogP contribution in [-0.4, -0.2) is 26.5 Å². The second-order valence-corrected chi connectivity index (χ2v) is 4.20. The summed E-state index contributed by atoms with van der Waals surface area (Å²) < 4.78 is 0. The van der Waals surface area contributed by atoms with Gasteiger partial charge in [-0.15, -0.1) is 0 Å². The van der Waals surface area contributed by atoms with Crippen LogP contribution in [0.1, 0.15) is 11.1 Å². The van der Waals surface area contributed by atoms with Gasteiger partial charge in [0.2, 0.25) is 0 Å². The zero-order valence-corrected chi connectivity index (χ0v) is 9.85. The van der Waals surface area contributed by atoms with Crippen molar-refractivity contribution in [2.24, 2.45) is 0 Å². The van der Waals surface area contributed by atoms with Crippen LogP contribution in [0.25, 0.3) is 0 Å². The molecule has 3 nitrogen and oxygen atoms in total. The first kappa shape index (κ1) is 11.7. The number of hydrogen-bond donors (Lipinski definition) is 2. The molecule has 1 aromatic carbocycles. The van der Waals surface area contributed by atoms with Gasteiger partial charge < -0.3 is 10.2 Å². The van der Waals surface area contributed by atoms with E-state index >= 15 is 0 Å². The summed E-state index contributed by atoms with van der Waals surface area (Å²) in [6.45, 7) is 4.50. The standard InChI is InChI=1S/C12H18N2O/c1-9-6-5-7-10(2)12(9)13-11(15)8-14(3)4/h5-7H,8H2,1-4H3,(H,13,15)/p+1. The Morgan fingerprint density at radius 2 is 1.80 bits per heavy atom. The van der Waals surface area contributed by atoms with Gasteiger partial charge in [-0.1, -0.05) is 18.2 Å². The Balaban J connectivity index is 2.76. The number of carbonyl (C=O) groups is 1. The van der Waals surface area contributed by atoms with Crippen LogP contribution < -0.4 is 10.2 Å². The average Bonchev–Trinajstić information content (AvgIpc) is 2.10. The van der Waals surface area contributed by atoms with Gasteiger partial charge in [0.25, 0.3) is 5.91 Å². The fourth-order valence-corrected chi connectivity index (χ4v) is 1.52. The minimum atomic E-state index is 0.0624. The van der Waals surface area contributed by atoms with Crippen molar-refractivity contribution in [2.75, 3.05) is 26.0 Å². The van der Waals surface area contributed by atoms with Crippen LogP contribution in [0.2, 0.25) is 0 Å². The third-order valence-corrected chi connectivity index (χ3v) is 2.26. The van der Waals surface area contributed by atoms with Gasteiger partial charge in [-0.25, -0.2) is 0 Å². The van der Waals surface area contributed by atoms with E-state index in [0.717, 1.165) is 21.7 Å². The van der Waals surface area contributed by atoms with Gasteiger partial charge in [0.1, 0.15) is 0 Å². The van der Waals surface area contributed by atoms with Gasteiger partial charge in [0.05, 0.1) is 14.1 Å². The van der Waals surface area contributed by atoms with Gasteiger partial charge in [-0.05, 0) is 25.0 Å². The van der Waals surface area contributed by atoms with Crippen molar-refractivity contribution < 1.29 is 9.69 Å². The summed E-state index contributed by atoms with van der Waals surface area (Å²) in [5.41, 5.74) is 3.16. The molecule has 0 spiro atoms. The number of benzene rings is 1. The monoisotopic (exact) mass is 207 g/mol. The molecule has 3 heteroatoms. The SMILES string of the molecule is Cc1cccc(C)c1NC(=O)C[NH+](C)C. The molecule has 0 aromatic heterocycles. The number of quaternary nitrogens is 1. The Kier molecular flexibility index (Phi) is 3.86. The highest BCUT2D eigenvalue weighted by molar-refractivity contribution is 5.92. The van der Waals surface area contributed by atoms with Crippen LogP contribution in [0.5, 0.6) is 0 Å². The number of likely N-dealkylation sites (N-methyl/N-ethyl adjacent to an activating group) is 1. The zero-order valence-electron chi connectivity index (χ0n) is 9.85. The number of hydrogen-bond acceptors (Lipinski definition) is 1. The highest BCUT2D eigenvalue weighted by Gasteiger charge is 2.09. The molecule has 0 fully saturated rings. The molecule has 0 radical (unpaired) electrons. The first-order valence-electron chi connectivity index (χ1n) is 5.16. The first-order valence-corrected chi connectivity index (χ1v) is 5.16. The molecule has 1 amide bonds. The van der Waals surface area contributed by atoms with E-state index in [1.807, 2.05) is 46.1 Å². The maximum absolute atomic E-state index is 11.6. The van der Waals surface area contributed by atoms with E-state index in [1.165, 1.54) is 0 Å². The van der Waals surface area contributed by atoms with E-state index in [4.69, 9.17) is 0 Å². The maximum atomic E-state index is 11.6. The number of aryl methyl sites for hydroxylation is 2. The molecular formula is C12H19N2O+. The molecule has 0 unspecified atom stereocenters. The molecule has 1 rings (SSSR count). The molecule has 0 aliphatic rings. The quantitative estimate of drug-likeness (QED) is 0.738. The molecule has 0 aliphatic carbocycles. The average molecular weight is 207 g/mol. The Bertz CT molecular complexity index is 338. The van der Waals surface area contributed by atoms with Crippen molar-refractivity contribution in [2.45, 2.75) is 13.8 Å². The summed E-state index contributed by atoms with van der Waals surface area (Å²) in [6.07, 6.45) is 0. The number of carbonyl (C=O) groups excluding carboxylic acids is 1. The second-order valence-electron chi connectivity index (χ2n) is 4.20. The summed E-state index contributed by atoms with van der Waals surface area (Å²) >= 11 is 0. The van der Waals surface area contributed by atoms with E-state index in [0.29, 0.717) is 6.54 Å². The van der Waals surface area contributed by atoms with Crippen molar-refractivity contribution in [3.8, 4) is 0 Å². The topological polar surface area (TPSA) is 33.5 Å². The highest BCUT2D eigenvalue weighted by atomic mass is 16.2. The smallest absolute Gasteiger partial charge is 0.279 e. The second kappa shape index (κ2) is 4.94.